The number of nitrogens with one attached hydrogen (secondary N) is 2. The Labute approximate surface area is 302 Å². The first-order valence-corrected chi connectivity index (χ1v) is 17.3. The molecule has 52 heavy (non-hydrogen) atoms. The zero-order valence-corrected chi connectivity index (χ0v) is 30.3. The van der Waals surface area contributed by atoms with Crippen molar-refractivity contribution in [2.24, 2.45) is 0 Å². The average Bonchev–Trinajstić information content (AvgIpc) is 4.08. The standard InChI is InChI=1S/C40H44N2O10/c1-23-11-9-13-27-29(23)17-25(47-5)19-31(27)37(45)51-33(39(3)21-49-39)35(43)41-15-7-8-16-42-36(44)34(40(4)22-50-40)52-38(46)32-20-26(48-6)18-30-24(2)12-10-14-28(30)32/h9-14,17-20,33-34H,7-8,15-16,21-22H2,1-6H3,(H,41,43)(H,42,44)/t33-,34-,39+,40+/m1/s1. The average molecular weight is 713 g/mol. The highest BCUT2D eigenvalue weighted by Crippen LogP contribution is 2.36. The SMILES string of the molecule is COc1cc(C(=O)O[C@H](C(=O)NCCCCNC(=O)[C@@H](OC(=O)c2cc(OC)cc3c(C)cccc23)[C@]2(C)CO2)[C@]2(C)CO2)c2cccc(C)c2c1. The van der Waals surface area contributed by atoms with Crippen molar-refractivity contribution in [2.45, 2.75) is 63.9 Å². The maximum Gasteiger partial charge on any atom is 0.339 e. The van der Waals surface area contributed by atoms with E-state index in [0.29, 0.717) is 35.1 Å². The summed E-state index contributed by atoms with van der Waals surface area (Å²) in [6.07, 6.45) is -1.33. The molecule has 0 spiro atoms. The van der Waals surface area contributed by atoms with Gasteiger partial charge in [0.1, 0.15) is 22.7 Å². The number of ether oxygens (including phenoxy) is 6. The highest BCUT2D eigenvalue weighted by molar-refractivity contribution is 6.08. The minimum Gasteiger partial charge on any atom is -0.497 e. The molecule has 6 rings (SSSR count). The summed E-state index contributed by atoms with van der Waals surface area (Å²) in [4.78, 5) is 53.6. The number of unbranched alkanes of at least 4 members (excludes halogenated alkanes) is 1. The van der Waals surface area contributed by atoms with E-state index in [-0.39, 0.29) is 37.4 Å². The minimum absolute atomic E-state index is 0.266. The number of carbonyl (C=O) groups is 4. The molecule has 4 aromatic carbocycles. The number of aryl methyl sites for hydroxylation is 2. The molecule has 4 aromatic rings. The van der Waals surface area contributed by atoms with Crippen molar-refractivity contribution in [1.82, 2.24) is 10.6 Å². The first-order chi connectivity index (χ1) is 24.9. The molecule has 2 saturated heterocycles. The van der Waals surface area contributed by atoms with Crippen LogP contribution in [0.2, 0.25) is 0 Å². The predicted molar refractivity (Wildman–Crippen MR) is 193 cm³/mol. The number of methoxy groups -OCH3 is 2. The van der Waals surface area contributed by atoms with Crippen LogP contribution in [0.5, 0.6) is 11.5 Å². The summed E-state index contributed by atoms with van der Waals surface area (Å²) in [5, 5.41) is 8.76. The van der Waals surface area contributed by atoms with E-state index in [4.69, 9.17) is 28.4 Å². The summed E-state index contributed by atoms with van der Waals surface area (Å²) < 4.78 is 33.5. The number of hydrogen-bond donors (Lipinski definition) is 2. The number of esters is 2. The van der Waals surface area contributed by atoms with E-state index >= 15 is 0 Å². The molecule has 4 atom stereocenters. The molecule has 2 heterocycles. The predicted octanol–water partition coefficient (Wildman–Crippen LogP) is 4.97. The van der Waals surface area contributed by atoms with E-state index in [9.17, 15) is 19.2 Å². The van der Waals surface area contributed by atoms with Gasteiger partial charge in [-0.2, -0.15) is 0 Å². The largest absolute Gasteiger partial charge is 0.497 e. The zero-order valence-electron chi connectivity index (χ0n) is 30.3. The molecule has 2 aliphatic heterocycles. The van der Waals surface area contributed by atoms with E-state index in [0.717, 1.165) is 21.9 Å². The second kappa shape index (κ2) is 14.8. The molecule has 0 aliphatic carbocycles. The third-order valence-corrected chi connectivity index (χ3v) is 9.72. The molecule has 0 aromatic heterocycles. The Morgan fingerprint density at radius 3 is 1.38 bits per heavy atom. The van der Waals surface area contributed by atoms with Crippen LogP contribution >= 0.6 is 0 Å². The minimum atomic E-state index is -1.17. The lowest BCUT2D eigenvalue weighted by atomic mass is 9.99. The van der Waals surface area contributed by atoms with Crippen LogP contribution in [0.25, 0.3) is 21.5 Å². The van der Waals surface area contributed by atoms with Gasteiger partial charge in [0.05, 0.1) is 38.6 Å². The van der Waals surface area contributed by atoms with Crippen molar-refractivity contribution in [1.29, 1.82) is 0 Å². The van der Waals surface area contributed by atoms with E-state index in [1.54, 1.807) is 26.0 Å². The van der Waals surface area contributed by atoms with Gasteiger partial charge in [-0.3, -0.25) is 9.59 Å². The number of amides is 2. The van der Waals surface area contributed by atoms with Crippen molar-refractivity contribution in [3.8, 4) is 11.5 Å². The number of benzene rings is 4. The molecule has 0 unspecified atom stereocenters. The van der Waals surface area contributed by atoms with Crippen molar-refractivity contribution >= 4 is 45.3 Å². The van der Waals surface area contributed by atoms with Gasteiger partial charge >= 0.3 is 11.9 Å². The number of rotatable bonds is 15. The van der Waals surface area contributed by atoms with Gasteiger partial charge in [-0.25, -0.2) is 9.59 Å². The Bertz CT molecular complexity index is 1890. The van der Waals surface area contributed by atoms with Gasteiger partial charge in [-0.1, -0.05) is 36.4 Å². The highest BCUT2D eigenvalue weighted by Gasteiger charge is 2.54. The van der Waals surface area contributed by atoms with E-state index in [1.165, 1.54) is 14.2 Å². The van der Waals surface area contributed by atoms with Crippen molar-refractivity contribution < 1.29 is 47.6 Å². The smallest absolute Gasteiger partial charge is 0.339 e. The Hall–Kier alpha value is -5.20. The fourth-order valence-corrected chi connectivity index (χ4v) is 6.24. The van der Waals surface area contributed by atoms with Crippen LogP contribution in [0.1, 0.15) is 58.5 Å². The maximum atomic E-state index is 13.5. The molecule has 2 N–H and O–H groups in total. The number of carbonyl (C=O) groups excluding carboxylic acids is 4. The normalized spacial score (nSPS) is 20.0. The molecule has 2 aliphatic rings. The molecule has 0 bridgehead atoms. The Kier molecular flexibility index (Phi) is 10.4. The Balaban J connectivity index is 1.02. The quantitative estimate of drug-likeness (QED) is 0.0982. The van der Waals surface area contributed by atoms with Crippen molar-refractivity contribution in [3.63, 3.8) is 0 Å². The Morgan fingerprint density at radius 1 is 0.654 bits per heavy atom. The van der Waals surface area contributed by atoms with Gasteiger partial charge in [0.15, 0.2) is 0 Å². The molecular weight excluding hydrogens is 668 g/mol. The topological polar surface area (TPSA) is 154 Å². The summed E-state index contributed by atoms with van der Waals surface area (Å²) in [7, 11) is 3.05. The summed E-state index contributed by atoms with van der Waals surface area (Å²) in [5.74, 6) is -1.28. The fourth-order valence-electron chi connectivity index (χ4n) is 6.24. The van der Waals surface area contributed by atoms with Gasteiger partial charge in [-0.15, -0.1) is 0 Å². The lowest BCUT2D eigenvalue weighted by molar-refractivity contribution is -0.134. The van der Waals surface area contributed by atoms with Crippen molar-refractivity contribution in [3.05, 3.63) is 82.9 Å². The van der Waals surface area contributed by atoms with E-state index in [2.05, 4.69) is 10.6 Å². The van der Waals surface area contributed by atoms with E-state index < -0.39 is 47.2 Å². The van der Waals surface area contributed by atoms with Crippen molar-refractivity contribution in [2.75, 3.05) is 40.5 Å². The monoisotopic (exact) mass is 712 g/mol. The second-order valence-electron chi connectivity index (χ2n) is 13.8. The van der Waals surface area contributed by atoms with E-state index in [1.807, 2.05) is 62.4 Å². The number of epoxide rings is 2. The summed E-state index contributed by atoms with van der Waals surface area (Å²) in [5.41, 5.74) is 0.632. The molecule has 0 radical (unpaired) electrons. The first-order valence-electron chi connectivity index (χ1n) is 17.3. The molecular formula is C40H44N2O10. The van der Waals surface area contributed by atoms with Crippen LogP contribution in [0, 0.1) is 13.8 Å². The number of hydrogen-bond acceptors (Lipinski definition) is 10. The second-order valence-corrected chi connectivity index (χ2v) is 13.8. The summed E-state index contributed by atoms with van der Waals surface area (Å²) >= 11 is 0. The van der Waals surface area contributed by atoms with Gasteiger partial charge in [-0.05, 0) is 97.5 Å². The van der Waals surface area contributed by atoms with Crippen LogP contribution in [-0.4, -0.2) is 87.7 Å². The molecule has 2 fully saturated rings. The maximum absolute atomic E-state index is 13.5. The van der Waals surface area contributed by atoms with Gasteiger partial charge in [0.25, 0.3) is 11.8 Å². The Morgan fingerprint density at radius 2 is 1.04 bits per heavy atom. The first kappa shape index (κ1) is 36.6. The fraction of sp³-hybridized carbons (Fsp3) is 0.400. The van der Waals surface area contributed by atoms with Crippen LogP contribution in [0.4, 0.5) is 0 Å². The molecule has 274 valence electrons. The summed E-state index contributed by atoms with van der Waals surface area (Å²) in [6.45, 7) is 8.40. The van der Waals surface area contributed by atoms with Gasteiger partial charge in [0, 0.05) is 13.1 Å². The number of fused-ring (bicyclic) bond motifs is 2. The third kappa shape index (κ3) is 7.68. The summed E-state index contributed by atoms with van der Waals surface area (Å²) in [6, 6.07) is 18.2. The van der Waals surface area contributed by atoms with Gasteiger partial charge < -0.3 is 39.1 Å². The van der Waals surface area contributed by atoms with Crippen LogP contribution < -0.4 is 20.1 Å². The lowest BCUT2D eigenvalue weighted by Crippen LogP contribution is -2.47. The third-order valence-electron chi connectivity index (χ3n) is 9.72. The van der Waals surface area contributed by atoms with Crippen LogP contribution in [0.15, 0.2) is 60.7 Å². The van der Waals surface area contributed by atoms with Gasteiger partial charge in [0.2, 0.25) is 12.2 Å². The zero-order chi connectivity index (χ0) is 37.2. The molecule has 2 amide bonds. The van der Waals surface area contributed by atoms with Crippen LogP contribution in [0.3, 0.4) is 0 Å². The molecule has 12 nitrogen and oxygen atoms in total. The molecule has 0 saturated carbocycles. The lowest BCUT2D eigenvalue weighted by Gasteiger charge is -2.22. The highest BCUT2D eigenvalue weighted by atomic mass is 16.6. The molecule has 12 heteroatoms. The van der Waals surface area contributed by atoms with Crippen LogP contribution in [-0.2, 0) is 28.5 Å².